The summed E-state index contributed by atoms with van der Waals surface area (Å²) < 4.78 is 38.1. The zero-order valence-electron chi connectivity index (χ0n) is 20.6. The Kier molecular flexibility index (Phi) is 7.03. The molecule has 188 valence electrons. The number of fused-ring (bicyclic) bond motifs is 1. The van der Waals surface area contributed by atoms with Gasteiger partial charge in [0, 0.05) is 12.1 Å². The topological polar surface area (TPSA) is 102 Å². The van der Waals surface area contributed by atoms with Gasteiger partial charge in [-0.15, -0.1) is 0 Å². The van der Waals surface area contributed by atoms with Gasteiger partial charge in [-0.2, -0.15) is 0 Å². The Labute approximate surface area is 210 Å². The Morgan fingerprint density at radius 2 is 1.64 bits per heavy atom. The molecule has 0 saturated heterocycles. The van der Waals surface area contributed by atoms with Gasteiger partial charge in [0.05, 0.1) is 30.1 Å². The van der Waals surface area contributed by atoms with Crippen molar-refractivity contribution >= 4 is 33.0 Å². The number of sulfone groups is 1. The highest BCUT2D eigenvalue weighted by Crippen LogP contribution is 2.42. The van der Waals surface area contributed by atoms with Gasteiger partial charge in [-0.25, -0.2) is 8.42 Å². The van der Waals surface area contributed by atoms with Crippen molar-refractivity contribution in [3.05, 3.63) is 77.4 Å². The molecule has 0 aliphatic carbocycles. The standard InChI is InChI=1S/C27H28N2O6S/c1-17-11-18(2)13-20(12-17)28-26(30)16-29-21-7-5-6-8-24(21)36(32,33)25(15-27(29)31)19-9-10-22(34-3)23(14-19)35-4/h5-14,25H,15-16H2,1-4H3,(H,28,30). The van der Waals surface area contributed by atoms with E-state index in [1.54, 1.807) is 36.4 Å². The Hall–Kier alpha value is -3.85. The number of para-hydroxylation sites is 1. The van der Waals surface area contributed by atoms with Crippen LogP contribution in [0.25, 0.3) is 0 Å². The number of rotatable bonds is 6. The van der Waals surface area contributed by atoms with Gasteiger partial charge in [0.2, 0.25) is 11.8 Å². The maximum absolute atomic E-state index is 13.8. The quantitative estimate of drug-likeness (QED) is 0.535. The molecule has 36 heavy (non-hydrogen) atoms. The van der Waals surface area contributed by atoms with Gasteiger partial charge in [0.15, 0.2) is 21.3 Å². The van der Waals surface area contributed by atoms with Crippen molar-refractivity contribution in [1.82, 2.24) is 0 Å². The number of carbonyl (C=O) groups is 2. The van der Waals surface area contributed by atoms with Crippen LogP contribution in [-0.4, -0.2) is 41.0 Å². The molecule has 1 atom stereocenters. The second-order valence-corrected chi connectivity index (χ2v) is 10.8. The highest BCUT2D eigenvalue weighted by molar-refractivity contribution is 7.92. The van der Waals surface area contributed by atoms with Crippen LogP contribution in [0.2, 0.25) is 0 Å². The summed E-state index contributed by atoms with van der Waals surface area (Å²) in [5.41, 5.74) is 3.18. The maximum atomic E-state index is 13.8. The molecule has 4 rings (SSSR count). The highest BCUT2D eigenvalue weighted by Gasteiger charge is 2.40. The summed E-state index contributed by atoms with van der Waals surface area (Å²) in [4.78, 5) is 27.6. The Morgan fingerprint density at radius 1 is 0.972 bits per heavy atom. The first-order valence-corrected chi connectivity index (χ1v) is 12.9. The van der Waals surface area contributed by atoms with Crippen molar-refractivity contribution in [2.24, 2.45) is 0 Å². The number of ether oxygens (including phenoxy) is 2. The summed E-state index contributed by atoms with van der Waals surface area (Å²) in [5.74, 6) is -0.0902. The van der Waals surface area contributed by atoms with Crippen molar-refractivity contribution in [3.63, 3.8) is 0 Å². The molecule has 3 aromatic carbocycles. The lowest BCUT2D eigenvalue weighted by atomic mass is 10.1. The van der Waals surface area contributed by atoms with Crippen molar-refractivity contribution in [1.29, 1.82) is 0 Å². The lowest BCUT2D eigenvalue weighted by Crippen LogP contribution is -2.38. The van der Waals surface area contributed by atoms with Crippen molar-refractivity contribution in [2.75, 3.05) is 31.0 Å². The van der Waals surface area contributed by atoms with E-state index in [4.69, 9.17) is 9.47 Å². The Morgan fingerprint density at radius 3 is 2.31 bits per heavy atom. The number of amides is 2. The van der Waals surface area contributed by atoms with Crippen LogP contribution >= 0.6 is 0 Å². The summed E-state index contributed by atoms with van der Waals surface area (Å²) in [6, 6.07) is 16.7. The molecule has 0 bridgehead atoms. The van der Waals surface area contributed by atoms with Gasteiger partial charge >= 0.3 is 0 Å². The molecular weight excluding hydrogens is 480 g/mol. The van der Waals surface area contributed by atoms with E-state index in [2.05, 4.69) is 5.32 Å². The summed E-state index contributed by atoms with van der Waals surface area (Å²) >= 11 is 0. The molecule has 1 heterocycles. The molecule has 8 nitrogen and oxygen atoms in total. The van der Waals surface area contributed by atoms with Gasteiger partial charge in [-0.05, 0) is 66.9 Å². The number of hydrogen-bond acceptors (Lipinski definition) is 6. The highest BCUT2D eigenvalue weighted by atomic mass is 32.2. The molecule has 0 saturated carbocycles. The summed E-state index contributed by atoms with van der Waals surface area (Å²) in [6.07, 6.45) is -0.330. The van der Waals surface area contributed by atoms with Gasteiger partial charge in [-0.3, -0.25) is 9.59 Å². The minimum Gasteiger partial charge on any atom is -0.493 e. The normalized spacial score (nSPS) is 16.6. The zero-order chi connectivity index (χ0) is 26.0. The van der Waals surface area contributed by atoms with Crippen molar-refractivity contribution in [2.45, 2.75) is 30.4 Å². The smallest absolute Gasteiger partial charge is 0.244 e. The lowest BCUT2D eigenvalue weighted by molar-refractivity contribution is -0.121. The van der Waals surface area contributed by atoms with E-state index in [-0.39, 0.29) is 23.5 Å². The molecule has 0 fully saturated rings. The van der Waals surface area contributed by atoms with Crippen LogP contribution in [0.4, 0.5) is 11.4 Å². The lowest BCUT2D eigenvalue weighted by Gasteiger charge is -2.22. The molecule has 1 N–H and O–H groups in total. The van der Waals surface area contributed by atoms with Crippen LogP contribution in [0, 0.1) is 13.8 Å². The largest absolute Gasteiger partial charge is 0.493 e. The van der Waals surface area contributed by atoms with E-state index in [0.717, 1.165) is 11.1 Å². The number of methoxy groups -OCH3 is 2. The molecule has 0 aromatic heterocycles. The van der Waals surface area contributed by atoms with Gasteiger partial charge in [-0.1, -0.05) is 24.3 Å². The third-order valence-corrected chi connectivity index (χ3v) is 8.23. The number of aryl methyl sites for hydroxylation is 2. The van der Waals surface area contributed by atoms with Crippen LogP contribution in [0.5, 0.6) is 11.5 Å². The SMILES string of the molecule is COc1ccc(C2CC(=O)N(CC(=O)Nc3cc(C)cc(C)c3)c3ccccc3S2(=O)=O)cc1OC. The zero-order valence-corrected chi connectivity index (χ0v) is 21.4. The number of hydrogen-bond donors (Lipinski definition) is 1. The van der Waals surface area contributed by atoms with Crippen LogP contribution < -0.4 is 19.7 Å². The van der Waals surface area contributed by atoms with Gasteiger partial charge < -0.3 is 19.7 Å². The third-order valence-electron chi connectivity index (χ3n) is 6.08. The van der Waals surface area contributed by atoms with E-state index in [1.807, 2.05) is 32.0 Å². The second kappa shape index (κ2) is 10.0. The fraction of sp³-hybridized carbons (Fsp3) is 0.259. The molecule has 1 aliphatic rings. The fourth-order valence-corrected chi connectivity index (χ4v) is 6.41. The van der Waals surface area contributed by atoms with Crippen LogP contribution in [0.15, 0.2) is 65.6 Å². The van der Waals surface area contributed by atoms with E-state index in [9.17, 15) is 18.0 Å². The Bertz CT molecular complexity index is 1410. The average molecular weight is 509 g/mol. The average Bonchev–Trinajstić information content (AvgIpc) is 2.91. The number of carbonyl (C=O) groups excluding carboxylic acids is 2. The van der Waals surface area contributed by atoms with E-state index < -0.39 is 26.9 Å². The Balaban J connectivity index is 1.71. The summed E-state index contributed by atoms with van der Waals surface area (Å²) in [5, 5.41) is 1.67. The maximum Gasteiger partial charge on any atom is 0.244 e. The second-order valence-electron chi connectivity index (χ2n) is 8.72. The fourth-order valence-electron chi connectivity index (χ4n) is 4.50. The molecular formula is C27H28N2O6S. The monoisotopic (exact) mass is 508 g/mol. The first-order chi connectivity index (χ1) is 17.1. The first kappa shape index (κ1) is 25.2. The number of nitrogens with one attached hydrogen (secondary N) is 1. The number of nitrogens with zero attached hydrogens (tertiary/aromatic N) is 1. The summed E-state index contributed by atoms with van der Waals surface area (Å²) in [6.45, 7) is 3.53. The molecule has 0 radical (unpaired) electrons. The molecule has 0 spiro atoms. The van der Waals surface area contributed by atoms with Crippen molar-refractivity contribution < 1.29 is 27.5 Å². The van der Waals surface area contributed by atoms with Gasteiger partial charge in [0.1, 0.15) is 6.54 Å². The first-order valence-electron chi connectivity index (χ1n) is 11.4. The van der Waals surface area contributed by atoms with Crippen LogP contribution in [-0.2, 0) is 19.4 Å². The van der Waals surface area contributed by atoms with Crippen molar-refractivity contribution in [3.8, 4) is 11.5 Å². The van der Waals surface area contributed by atoms with Crippen LogP contribution in [0.3, 0.4) is 0 Å². The predicted molar refractivity (Wildman–Crippen MR) is 137 cm³/mol. The molecule has 2 amide bonds. The predicted octanol–water partition coefficient (Wildman–Crippen LogP) is 4.21. The van der Waals surface area contributed by atoms with Gasteiger partial charge in [0.25, 0.3) is 0 Å². The third kappa shape index (κ3) is 4.92. The molecule has 3 aromatic rings. The molecule has 1 aliphatic heterocycles. The van der Waals surface area contributed by atoms with E-state index >= 15 is 0 Å². The molecule has 9 heteroatoms. The van der Waals surface area contributed by atoms with Crippen LogP contribution in [0.1, 0.15) is 28.4 Å². The number of benzene rings is 3. The van der Waals surface area contributed by atoms with E-state index in [1.165, 1.54) is 25.2 Å². The minimum atomic E-state index is -3.98. The number of anilines is 2. The molecule has 1 unspecified atom stereocenters. The van der Waals surface area contributed by atoms with E-state index in [0.29, 0.717) is 22.7 Å². The summed E-state index contributed by atoms with van der Waals surface area (Å²) in [7, 11) is -1.03. The minimum absolute atomic E-state index is 0.00478.